The minimum absolute atomic E-state index is 0.0115. The van der Waals surface area contributed by atoms with Crippen molar-refractivity contribution in [3.63, 3.8) is 0 Å². The molecule has 0 aromatic carbocycles. The van der Waals surface area contributed by atoms with Gasteiger partial charge in [0.15, 0.2) is 0 Å². The Morgan fingerprint density at radius 1 is 1.44 bits per heavy atom. The number of nitrogens with zero attached hydrogens (tertiary/aromatic N) is 1. The van der Waals surface area contributed by atoms with Crippen LogP contribution in [0.5, 0.6) is 0 Å². The van der Waals surface area contributed by atoms with Gasteiger partial charge in [0, 0.05) is 13.7 Å². The summed E-state index contributed by atoms with van der Waals surface area (Å²) in [6.45, 7) is -0.134. The second-order valence-electron chi connectivity index (χ2n) is 3.68. The highest BCUT2D eigenvalue weighted by molar-refractivity contribution is 4.78. The fraction of sp³-hybridized carbons (Fsp3) is 1.00. The Bertz CT molecular complexity index is 190. The lowest BCUT2D eigenvalue weighted by molar-refractivity contribution is -0.184. The topological polar surface area (TPSA) is 58.7 Å². The van der Waals surface area contributed by atoms with Gasteiger partial charge < -0.3 is 15.6 Å². The van der Waals surface area contributed by atoms with E-state index in [1.54, 1.807) is 0 Å². The second-order valence-corrected chi connectivity index (χ2v) is 3.68. The first kappa shape index (κ1) is 15.6. The quantitative estimate of drug-likeness (QED) is 0.672. The van der Waals surface area contributed by atoms with Crippen LogP contribution in [0.25, 0.3) is 0 Å². The van der Waals surface area contributed by atoms with Crippen LogP contribution >= 0.6 is 0 Å². The van der Waals surface area contributed by atoms with Gasteiger partial charge in [-0.3, -0.25) is 4.90 Å². The molecule has 2 atom stereocenters. The largest absolute Gasteiger partial charge is 0.404 e. The summed E-state index contributed by atoms with van der Waals surface area (Å²) in [5.74, 6) is 0. The molecule has 0 saturated carbocycles. The maximum absolute atomic E-state index is 12.6. The zero-order valence-corrected chi connectivity index (χ0v) is 9.50. The van der Waals surface area contributed by atoms with Gasteiger partial charge in [-0.15, -0.1) is 0 Å². The normalized spacial score (nSPS) is 16.5. The van der Waals surface area contributed by atoms with Crippen LogP contribution in [0.3, 0.4) is 0 Å². The van der Waals surface area contributed by atoms with Gasteiger partial charge in [-0.05, 0) is 20.0 Å². The summed E-state index contributed by atoms with van der Waals surface area (Å²) in [4.78, 5) is 1.05. The van der Waals surface area contributed by atoms with E-state index in [1.165, 1.54) is 14.2 Å². The smallest absolute Gasteiger partial charge is 0.389 e. The molecule has 0 radical (unpaired) electrons. The molecule has 0 aliphatic heterocycles. The summed E-state index contributed by atoms with van der Waals surface area (Å²) in [6, 6.07) is -1.62. The number of aliphatic hydroxyl groups is 1. The monoisotopic (exact) mass is 244 g/mol. The van der Waals surface area contributed by atoms with Gasteiger partial charge in [0.2, 0.25) is 0 Å². The van der Waals surface area contributed by atoms with E-state index in [4.69, 9.17) is 5.73 Å². The Morgan fingerprint density at radius 2 is 2.00 bits per heavy atom. The van der Waals surface area contributed by atoms with Crippen LogP contribution in [0.1, 0.15) is 6.42 Å². The molecule has 0 aliphatic rings. The molecule has 4 nitrogen and oxygen atoms in total. The number of alkyl halides is 3. The Balaban J connectivity index is 4.32. The SMILES string of the molecule is COCC(O)CN(C)C(CCN)C(F)(F)F. The number of hydrogen-bond acceptors (Lipinski definition) is 4. The Hall–Kier alpha value is -0.370. The van der Waals surface area contributed by atoms with Crippen molar-refractivity contribution in [3.8, 4) is 0 Å². The highest BCUT2D eigenvalue weighted by Crippen LogP contribution is 2.26. The first-order valence-corrected chi connectivity index (χ1v) is 4.97. The average molecular weight is 244 g/mol. The number of methoxy groups -OCH3 is 1. The molecule has 0 fully saturated rings. The molecule has 7 heteroatoms. The molecule has 0 rings (SSSR count). The fourth-order valence-electron chi connectivity index (χ4n) is 1.50. The van der Waals surface area contributed by atoms with E-state index in [0.29, 0.717) is 0 Å². The number of halogens is 3. The fourth-order valence-corrected chi connectivity index (χ4v) is 1.50. The number of likely N-dealkylation sites (N-methyl/N-ethyl adjacent to an activating group) is 1. The predicted molar refractivity (Wildman–Crippen MR) is 54.0 cm³/mol. The lowest BCUT2D eigenvalue weighted by atomic mass is 10.1. The third-order valence-electron chi connectivity index (χ3n) is 2.21. The van der Waals surface area contributed by atoms with Crippen molar-refractivity contribution in [3.05, 3.63) is 0 Å². The van der Waals surface area contributed by atoms with Crippen LogP contribution in [0, 0.1) is 0 Å². The molecule has 3 N–H and O–H groups in total. The predicted octanol–water partition coefficient (Wildman–Crippen LogP) is 0.205. The van der Waals surface area contributed by atoms with Gasteiger partial charge in [0.1, 0.15) is 6.04 Å². The number of nitrogens with two attached hydrogens (primary N) is 1. The van der Waals surface area contributed by atoms with E-state index < -0.39 is 18.3 Å². The van der Waals surface area contributed by atoms with E-state index in [2.05, 4.69) is 4.74 Å². The third-order valence-corrected chi connectivity index (χ3v) is 2.21. The second kappa shape index (κ2) is 7.05. The van der Waals surface area contributed by atoms with E-state index in [1.807, 2.05) is 0 Å². The maximum Gasteiger partial charge on any atom is 0.404 e. The summed E-state index contributed by atoms with van der Waals surface area (Å²) in [6.07, 6.45) is -5.45. The number of rotatable bonds is 7. The minimum atomic E-state index is -4.33. The van der Waals surface area contributed by atoms with Gasteiger partial charge in [0.25, 0.3) is 0 Å². The summed E-state index contributed by atoms with van der Waals surface area (Å²) in [7, 11) is 2.69. The molecule has 0 spiro atoms. The lowest BCUT2D eigenvalue weighted by Crippen LogP contribution is -2.48. The number of aliphatic hydroxyl groups excluding tert-OH is 1. The van der Waals surface area contributed by atoms with Crippen LogP contribution in [0.2, 0.25) is 0 Å². The first-order valence-electron chi connectivity index (χ1n) is 4.97. The summed E-state index contributed by atoms with van der Waals surface area (Å²) >= 11 is 0. The molecule has 0 aromatic rings. The molecule has 0 aromatic heterocycles. The van der Waals surface area contributed by atoms with Crippen molar-refractivity contribution in [1.82, 2.24) is 4.90 Å². The van der Waals surface area contributed by atoms with Crippen molar-refractivity contribution in [2.45, 2.75) is 24.7 Å². The Kier molecular flexibility index (Phi) is 6.89. The zero-order chi connectivity index (χ0) is 12.8. The number of ether oxygens (including phenoxy) is 1. The summed E-state index contributed by atoms with van der Waals surface area (Å²) in [5, 5.41) is 9.34. The van der Waals surface area contributed by atoms with E-state index in [9.17, 15) is 18.3 Å². The average Bonchev–Trinajstić information content (AvgIpc) is 2.12. The molecule has 2 unspecified atom stereocenters. The highest BCUT2D eigenvalue weighted by Gasteiger charge is 2.41. The Morgan fingerprint density at radius 3 is 2.38 bits per heavy atom. The number of hydrogen-bond donors (Lipinski definition) is 2. The Labute approximate surface area is 93.2 Å². The van der Waals surface area contributed by atoms with E-state index in [0.717, 1.165) is 4.90 Å². The van der Waals surface area contributed by atoms with Crippen LogP contribution < -0.4 is 5.73 Å². The summed E-state index contributed by atoms with van der Waals surface area (Å²) in [5.41, 5.74) is 5.14. The zero-order valence-electron chi connectivity index (χ0n) is 9.50. The van der Waals surface area contributed by atoms with E-state index >= 15 is 0 Å². The molecule has 0 heterocycles. The van der Waals surface area contributed by atoms with Crippen LogP contribution in [-0.4, -0.2) is 62.2 Å². The molecule has 98 valence electrons. The lowest BCUT2D eigenvalue weighted by Gasteiger charge is -2.30. The van der Waals surface area contributed by atoms with Gasteiger partial charge in [-0.2, -0.15) is 13.2 Å². The highest BCUT2D eigenvalue weighted by atomic mass is 19.4. The van der Waals surface area contributed by atoms with Gasteiger partial charge in [-0.1, -0.05) is 0 Å². The van der Waals surface area contributed by atoms with Gasteiger partial charge >= 0.3 is 6.18 Å². The molecule has 0 aliphatic carbocycles. The van der Waals surface area contributed by atoms with Crippen molar-refractivity contribution >= 4 is 0 Å². The van der Waals surface area contributed by atoms with Crippen molar-refractivity contribution in [1.29, 1.82) is 0 Å². The van der Waals surface area contributed by atoms with Crippen molar-refractivity contribution in [2.75, 3.05) is 33.9 Å². The molecule has 16 heavy (non-hydrogen) atoms. The van der Waals surface area contributed by atoms with Gasteiger partial charge in [-0.25, -0.2) is 0 Å². The molecular weight excluding hydrogens is 225 g/mol. The maximum atomic E-state index is 12.6. The summed E-state index contributed by atoms with van der Waals surface area (Å²) < 4.78 is 42.4. The third kappa shape index (κ3) is 5.64. The van der Waals surface area contributed by atoms with Crippen LogP contribution in [0.4, 0.5) is 13.2 Å². The first-order chi connectivity index (χ1) is 7.32. The molecular formula is C9H19F3N2O2. The minimum Gasteiger partial charge on any atom is -0.389 e. The van der Waals surface area contributed by atoms with Crippen molar-refractivity contribution < 1.29 is 23.0 Å². The van der Waals surface area contributed by atoms with Crippen LogP contribution in [-0.2, 0) is 4.74 Å². The molecule has 0 saturated heterocycles. The van der Waals surface area contributed by atoms with E-state index in [-0.39, 0.29) is 26.1 Å². The molecule has 0 bridgehead atoms. The molecule has 0 amide bonds. The van der Waals surface area contributed by atoms with Gasteiger partial charge in [0.05, 0.1) is 12.7 Å². The standard InChI is InChI=1S/C9H19F3N2O2/c1-14(5-7(15)6-16-2)8(3-4-13)9(10,11)12/h7-8,15H,3-6,13H2,1-2H3. The van der Waals surface area contributed by atoms with Crippen molar-refractivity contribution in [2.24, 2.45) is 5.73 Å². The van der Waals surface area contributed by atoms with Crippen LogP contribution in [0.15, 0.2) is 0 Å².